The van der Waals surface area contributed by atoms with Crippen molar-refractivity contribution in [2.24, 2.45) is 0 Å². The Balaban J connectivity index is 0. The van der Waals surface area contributed by atoms with E-state index in [1.54, 1.807) is 0 Å². The minimum absolute atomic E-state index is 0. The van der Waals surface area contributed by atoms with Gasteiger partial charge in [0.15, 0.2) is 0 Å². The Kier molecular flexibility index (Phi) is 9.47. The first kappa shape index (κ1) is 14.6. The van der Waals surface area contributed by atoms with Crippen molar-refractivity contribution in [3.8, 4) is 5.75 Å². The zero-order valence-electron chi connectivity index (χ0n) is 6.14. The van der Waals surface area contributed by atoms with Crippen LogP contribution in [0.15, 0.2) is 24.3 Å². The molecule has 62 valence electrons. The predicted octanol–water partition coefficient (Wildman–Crippen LogP) is -1.29. The fraction of sp³-hybridized carbons (Fsp3) is 0.143. The van der Waals surface area contributed by atoms with Crippen LogP contribution < -0.4 is 21.7 Å². The second-order valence-electron chi connectivity index (χ2n) is 1.61. The van der Waals surface area contributed by atoms with Crippen LogP contribution in [0.3, 0.4) is 0 Å². The molecule has 0 saturated carbocycles. The largest absolute Gasteiger partial charge is 2.00 e. The summed E-state index contributed by atoms with van der Waals surface area (Å²) in [5.41, 5.74) is 0. The van der Waals surface area contributed by atoms with E-state index in [0.29, 0.717) is 0 Å². The van der Waals surface area contributed by atoms with Gasteiger partial charge in [-0.15, -0.1) is 12.1 Å². The van der Waals surface area contributed by atoms with E-state index in [-0.39, 0.29) is 45.8 Å². The molecule has 0 saturated heterocycles. The van der Waals surface area contributed by atoms with E-state index >= 15 is 0 Å². The van der Waals surface area contributed by atoms with Crippen LogP contribution in [0.4, 0.5) is 8.78 Å². The number of rotatable bonds is 2. The smallest absolute Gasteiger partial charge is 1.00 e. The second-order valence-corrected chi connectivity index (χ2v) is 1.61. The number of alkyl halides is 2. The Morgan fingerprint density at radius 1 is 1.25 bits per heavy atom. The summed E-state index contributed by atoms with van der Waals surface area (Å²) in [5, 5.41) is 0. The van der Waals surface area contributed by atoms with Gasteiger partial charge in [-0.2, -0.15) is 27.0 Å². The van der Waals surface area contributed by atoms with Gasteiger partial charge in [0.1, 0.15) is 0 Å². The molecule has 0 bridgehead atoms. The summed E-state index contributed by atoms with van der Waals surface area (Å²) in [4.78, 5) is 0. The van der Waals surface area contributed by atoms with Gasteiger partial charge < -0.3 is 21.7 Å². The Hall–Kier alpha value is 0.126. The SMILES string of the molecule is FC(F)Oc1cc[c-]cc1.[Br-].[Mg+2]. The third kappa shape index (κ3) is 5.74. The van der Waals surface area contributed by atoms with Crippen LogP contribution in [0.1, 0.15) is 0 Å². The van der Waals surface area contributed by atoms with Crippen molar-refractivity contribution in [2.45, 2.75) is 6.61 Å². The van der Waals surface area contributed by atoms with Gasteiger partial charge in [-0.1, -0.05) is 0 Å². The van der Waals surface area contributed by atoms with E-state index in [9.17, 15) is 8.78 Å². The fourth-order valence-electron chi connectivity index (χ4n) is 0.553. The van der Waals surface area contributed by atoms with Crippen LogP contribution in [0.5, 0.6) is 5.75 Å². The van der Waals surface area contributed by atoms with E-state index < -0.39 is 6.61 Å². The summed E-state index contributed by atoms with van der Waals surface area (Å²) < 4.78 is 27.0. The molecule has 0 fully saturated rings. The van der Waals surface area contributed by atoms with Crippen molar-refractivity contribution in [3.63, 3.8) is 0 Å². The molecular formula is C7H5BrF2MgO. The summed E-state index contributed by atoms with van der Waals surface area (Å²) in [5.74, 6) is 0.161. The predicted molar refractivity (Wildman–Crippen MR) is 37.7 cm³/mol. The van der Waals surface area contributed by atoms with Crippen molar-refractivity contribution in [1.29, 1.82) is 0 Å². The van der Waals surface area contributed by atoms with Crippen molar-refractivity contribution in [2.75, 3.05) is 0 Å². The molecule has 0 unspecified atom stereocenters. The van der Waals surface area contributed by atoms with Gasteiger partial charge in [-0.25, -0.2) is 0 Å². The summed E-state index contributed by atoms with van der Waals surface area (Å²) in [7, 11) is 0. The van der Waals surface area contributed by atoms with Gasteiger partial charge in [0.25, 0.3) is 0 Å². The van der Waals surface area contributed by atoms with Crippen LogP contribution in [0.2, 0.25) is 0 Å². The van der Waals surface area contributed by atoms with E-state index in [0.717, 1.165) is 0 Å². The summed E-state index contributed by atoms with van der Waals surface area (Å²) in [6, 6.07) is 8.55. The maximum absolute atomic E-state index is 11.5. The molecule has 1 aromatic rings. The minimum Gasteiger partial charge on any atom is -1.00 e. The quantitative estimate of drug-likeness (QED) is 0.467. The molecule has 1 rings (SSSR count). The molecule has 0 aromatic heterocycles. The van der Waals surface area contributed by atoms with Gasteiger partial charge in [0.05, 0.1) is 0 Å². The van der Waals surface area contributed by atoms with Gasteiger partial charge in [-0.3, -0.25) is 0 Å². The number of halogens is 3. The normalized spacial score (nSPS) is 8.25. The average Bonchev–Trinajstić information content (AvgIpc) is 1.88. The third-order valence-electron chi connectivity index (χ3n) is 0.913. The molecule has 0 N–H and O–H groups in total. The molecule has 0 aliphatic carbocycles. The number of hydrogen-bond acceptors (Lipinski definition) is 1. The van der Waals surface area contributed by atoms with Gasteiger partial charge in [-0.05, 0) is 0 Å². The molecule has 0 atom stereocenters. The topological polar surface area (TPSA) is 9.23 Å². The molecule has 1 aromatic carbocycles. The fourth-order valence-corrected chi connectivity index (χ4v) is 0.553. The van der Waals surface area contributed by atoms with E-state index in [1.165, 1.54) is 24.3 Å². The number of ether oxygens (including phenoxy) is 1. The van der Waals surface area contributed by atoms with Crippen LogP contribution in [-0.4, -0.2) is 29.7 Å². The van der Waals surface area contributed by atoms with Gasteiger partial charge in [0, 0.05) is 5.75 Å². The van der Waals surface area contributed by atoms with Crippen molar-refractivity contribution < 1.29 is 30.5 Å². The third-order valence-corrected chi connectivity index (χ3v) is 0.913. The maximum atomic E-state index is 11.5. The molecule has 5 heteroatoms. The van der Waals surface area contributed by atoms with Crippen LogP contribution in [-0.2, 0) is 0 Å². The Labute approximate surface area is 96.0 Å². The van der Waals surface area contributed by atoms with Crippen LogP contribution in [0, 0.1) is 6.07 Å². The summed E-state index contributed by atoms with van der Waals surface area (Å²) in [6.07, 6.45) is 0. The Bertz CT molecular complexity index is 196. The Morgan fingerprint density at radius 3 is 2.17 bits per heavy atom. The second kappa shape index (κ2) is 7.76. The van der Waals surface area contributed by atoms with Crippen LogP contribution >= 0.6 is 0 Å². The van der Waals surface area contributed by atoms with E-state index in [1.807, 2.05) is 0 Å². The zero-order chi connectivity index (χ0) is 7.40. The molecule has 0 spiro atoms. The standard InChI is InChI=1S/C7H5F2O.BrH.Mg/c8-7(9)10-6-4-2-1-3-5-6;;/h2-5,7H;1H;/q-1;;+2/p-1. The van der Waals surface area contributed by atoms with E-state index in [2.05, 4.69) is 10.8 Å². The van der Waals surface area contributed by atoms with E-state index in [4.69, 9.17) is 0 Å². The molecule has 0 radical (unpaired) electrons. The number of hydrogen-bond donors (Lipinski definition) is 0. The molecule has 12 heavy (non-hydrogen) atoms. The molecule has 0 aliphatic heterocycles. The molecule has 0 amide bonds. The zero-order valence-corrected chi connectivity index (χ0v) is 9.14. The number of benzene rings is 1. The van der Waals surface area contributed by atoms with Gasteiger partial charge >= 0.3 is 29.7 Å². The first-order chi connectivity index (χ1) is 4.79. The van der Waals surface area contributed by atoms with Crippen molar-refractivity contribution in [1.82, 2.24) is 0 Å². The Morgan fingerprint density at radius 2 is 1.75 bits per heavy atom. The molecule has 1 nitrogen and oxygen atoms in total. The first-order valence-electron chi connectivity index (χ1n) is 2.70. The van der Waals surface area contributed by atoms with Crippen molar-refractivity contribution in [3.05, 3.63) is 30.3 Å². The summed E-state index contributed by atoms with van der Waals surface area (Å²) in [6.45, 7) is -2.75. The van der Waals surface area contributed by atoms with Crippen molar-refractivity contribution >= 4 is 23.1 Å². The first-order valence-corrected chi connectivity index (χ1v) is 2.70. The summed E-state index contributed by atoms with van der Waals surface area (Å²) >= 11 is 0. The minimum atomic E-state index is -2.75. The van der Waals surface area contributed by atoms with Gasteiger partial charge in [0.2, 0.25) is 0 Å². The maximum Gasteiger partial charge on any atom is 2.00 e. The molecule has 0 aliphatic rings. The monoisotopic (exact) mass is 246 g/mol. The average molecular weight is 247 g/mol. The van der Waals surface area contributed by atoms with Crippen LogP contribution in [0.25, 0.3) is 0 Å². The molecular weight excluding hydrogens is 242 g/mol. The molecule has 0 heterocycles.